The van der Waals surface area contributed by atoms with Gasteiger partial charge in [-0.15, -0.1) is 0 Å². The number of hydrogen-bond donors (Lipinski definition) is 1. The predicted molar refractivity (Wildman–Crippen MR) is 69.5 cm³/mol. The summed E-state index contributed by atoms with van der Waals surface area (Å²) in [7, 11) is 0. The molecule has 1 aromatic heterocycles. The first-order valence-electron chi connectivity index (χ1n) is 7.14. The molecule has 1 saturated carbocycles. The number of halogens is 2. The Hall–Kier alpha value is -0.970. The Labute approximate surface area is 112 Å². The van der Waals surface area contributed by atoms with Crippen molar-refractivity contribution in [3.8, 4) is 0 Å². The second-order valence-electron chi connectivity index (χ2n) is 5.29. The second kappa shape index (κ2) is 6.46. The standard InChI is InChI=1S/C14H22F2N2O/c1-2-8-17-9-5-13-18-10-12(19-13)11-3-6-14(15,16)7-4-11/h10-11,17H,2-9H2,1H3. The molecule has 0 aliphatic heterocycles. The molecule has 0 unspecified atom stereocenters. The van der Waals surface area contributed by atoms with E-state index in [1.807, 2.05) is 0 Å². The molecule has 1 heterocycles. The molecule has 1 aliphatic rings. The third-order valence-corrected chi connectivity index (χ3v) is 3.63. The van der Waals surface area contributed by atoms with E-state index in [1.165, 1.54) is 0 Å². The first kappa shape index (κ1) is 14.4. The van der Waals surface area contributed by atoms with Crippen LogP contribution >= 0.6 is 0 Å². The Morgan fingerprint density at radius 2 is 2.11 bits per heavy atom. The average Bonchev–Trinajstić information content (AvgIpc) is 2.83. The number of nitrogens with one attached hydrogen (secondary N) is 1. The first-order chi connectivity index (χ1) is 9.11. The lowest BCUT2D eigenvalue weighted by Gasteiger charge is -2.26. The summed E-state index contributed by atoms with van der Waals surface area (Å²) in [6.07, 6.45) is 4.49. The van der Waals surface area contributed by atoms with Gasteiger partial charge in [0.05, 0.1) is 6.20 Å². The minimum Gasteiger partial charge on any atom is -0.445 e. The lowest BCUT2D eigenvalue weighted by molar-refractivity contribution is -0.0395. The van der Waals surface area contributed by atoms with Crippen molar-refractivity contribution in [3.63, 3.8) is 0 Å². The zero-order chi connectivity index (χ0) is 13.7. The molecule has 2 rings (SSSR count). The van der Waals surface area contributed by atoms with Gasteiger partial charge in [0, 0.05) is 31.7 Å². The van der Waals surface area contributed by atoms with Crippen LogP contribution in [-0.2, 0) is 6.42 Å². The summed E-state index contributed by atoms with van der Waals surface area (Å²) in [4.78, 5) is 4.23. The van der Waals surface area contributed by atoms with Crippen molar-refractivity contribution in [2.75, 3.05) is 13.1 Å². The van der Waals surface area contributed by atoms with E-state index in [2.05, 4.69) is 17.2 Å². The molecule has 0 amide bonds. The van der Waals surface area contributed by atoms with Crippen molar-refractivity contribution in [2.24, 2.45) is 0 Å². The van der Waals surface area contributed by atoms with Crippen molar-refractivity contribution < 1.29 is 13.2 Å². The third-order valence-electron chi connectivity index (χ3n) is 3.63. The van der Waals surface area contributed by atoms with Crippen LogP contribution < -0.4 is 5.32 Å². The largest absolute Gasteiger partial charge is 0.445 e. The summed E-state index contributed by atoms with van der Waals surface area (Å²) in [5.41, 5.74) is 0. The van der Waals surface area contributed by atoms with Gasteiger partial charge < -0.3 is 9.73 Å². The fourth-order valence-corrected chi connectivity index (χ4v) is 2.45. The zero-order valence-electron chi connectivity index (χ0n) is 11.4. The summed E-state index contributed by atoms with van der Waals surface area (Å²) in [5, 5.41) is 3.28. The second-order valence-corrected chi connectivity index (χ2v) is 5.29. The molecule has 108 valence electrons. The first-order valence-corrected chi connectivity index (χ1v) is 7.14. The topological polar surface area (TPSA) is 38.1 Å². The van der Waals surface area contributed by atoms with Crippen LogP contribution in [0.25, 0.3) is 0 Å². The summed E-state index contributed by atoms with van der Waals surface area (Å²) in [5.74, 6) is -0.884. The molecule has 19 heavy (non-hydrogen) atoms. The summed E-state index contributed by atoms with van der Waals surface area (Å²) >= 11 is 0. The Kier molecular flexibility index (Phi) is 4.91. The quantitative estimate of drug-likeness (QED) is 0.805. The molecule has 0 atom stereocenters. The maximum Gasteiger partial charge on any atom is 0.248 e. The number of alkyl halides is 2. The maximum atomic E-state index is 13.1. The molecule has 0 bridgehead atoms. The third kappa shape index (κ3) is 4.27. The van der Waals surface area contributed by atoms with Gasteiger partial charge in [-0.1, -0.05) is 6.92 Å². The lowest BCUT2D eigenvalue weighted by Crippen LogP contribution is -2.23. The van der Waals surface area contributed by atoms with Crippen LogP contribution in [0.4, 0.5) is 8.78 Å². The van der Waals surface area contributed by atoms with E-state index in [1.54, 1.807) is 6.20 Å². The van der Waals surface area contributed by atoms with E-state index in [0.29, 0.717) is 18.7 Å². The molecular weight excluding hydrogens is 250 g/mol. The number of aromatic nitrogens is 1. The average molecular weight is 272 g/mol. The van der Waals surface area contributed by atoms with Gasteiger partial charge >= 0.3 is 0 Å². The van der Waals surface area contributed by atoms with E-state index >= 15 is 0 Å². The van der Waals surface area contributed by atoms with Gasteiger partial charge in [-0.3, -0.25) is 0 Å². The van der Waals surface area contributed by atoms with E-state index < -0.39 is 5.92 Å². The van der Waals surface area contributed by atoms with Gasteiger partial charge in [0.15, 0.2) is 5.89 Å². The molecule has 0 saturated heterocycles. The normalized spacial score (nSPS) is 19.7. The summed E-state index contributed by atoms with van der Waals surface area (Å²) < 4.78 is 31.8. The van der Waals surface area contributed by atoms with Gasteiger partial charge in [0.1, 0.15) is 5.76 Å². The zero-order valence-corrected chi connectivity index (χ0v) is 11.4. The van der Waals surface area contributed by atoms with Crippen LogP contribution in [0.3, 0.4) is 0 Å². The highest BCUT2D eigenvalue weighted by Crippen LogP contribution is 2.40. The van der Waals surface area contributed by atoms with Crippen LogP contribution in [0.1, 0.15) is 56.6 Å². The number of hydrogen-bond acceptors (Lipinski definition) is 3. The monoisotopic (exact) mass is 272 g/mol. The van der Waals surface area contributed by atoms with Gasteiger partial charge in [0.2, 0.25) is 5.92 Å². The van der Waals surface area contributed by atoms with Crippen LogP contribution in [0.5, 0.6) is 0 Å². The van der Waals surface area contributed by atoms with Crippen LogP contribution in [-0.4, -0.2) is 24.0 Å². The van der Waals surface area contributed by atoms with Crippen LogP contribution in [0.2, 0.25) is 0 Å². The Morgan fingerprint density at radius 1 is 1.37 bits per heavy atom. The van der Waals surface area contributed by atoms with Crippen LogP contribution in [0, 0.1) is 0 Å². The molecule has 0 aromatic carbocycles. The van der Waals surface area contributed by atoms with Crippen molar-refractivity contribution in [1.29, 1.82) is 0 Å². The highest BCUT2D eigenvalue weighted by Gasteiger charge is 2.36. The Balaban J connectivity index is 1.80. The van der Waals surface area contributed by atoms with Gasteiger partial charge in [-0.05, 0) is 25.8 Å². The molecule has 1 aliphatic carbocycles. The molecular formula is C14H22F2N2O. The molecule has 0 radical (unpaired) electrons. The Bertz CT molecular complexity index is 383. The maximum absolute atomic E-state index is 13.1. The van der Waals surface area contributed by atoms with Gasteiger partial charge in [0.25, 0.3) is 0 Å². The minimum absolute atomic E-state index is 0.0360. The smallest absolute Gasteiger partial charge is 0.248 e. The predicted octanol–water partition coefficient (Wildman–Crippen LogP) is 3.51. The number of oxazole rings is 1. The van der Waals surface area contributed by atoms with Crippen molar-refractivity contribution >= 4 is 0 Å². The molecule has 1 N–H and O–H groups in total. The van der Waals surface area contributed by atoms with Gasteiger partial charge in [-0.25, -0.2) is 13.8 Å². The highest BCUT2D eigenvalue weighted by atomic mass is 19.3. The summed E-state index contributed by atoms with van der Waals surface area (Å²) in [6.45, 7) is 3.96. The highest BCUT2D eigenvalue weighted by molar-refractivity contribution is 5.04. The van der Waals surface area contributed by atoms with Crippen molar-refractivity contribution in [3.05, 3.63) is 17.8 Å². The minimum atomic E-state index is -2.48. The fraction of sp³-hybridized carbons (Fsp3) is 0.786. The SMILES string of the molecule is CCCNCCc1ncc(C2CCC(F)(F)CC2)o1. The van der Waals surface area contributed by atoms with E-state index in [-0.39, 0.29) is 18.8 Å². The van der Waals surface area contributed by atoms with Crippen LogP contribution in [0.15, 0.2) is 10.6 Å². The lowest BCUT2D eigenvalue weighted by atomic mass is 9.85. The van der Waals surface area contributed by atoms with E-state index in [9.17, 15) is 8.78 Å². The van der Waals surface area contributed by atoms with Crippen molar-refractivity contribution in [1.82, 2.24) is 10.3 Å². The fourth-order valence-electron chi connectivity index (χ4n) is 2.45. The number of nitrogens with zero attached hydrogens (tertiary/aromatic N) is 1. The molecule has 5 heteroatoms. The molecule has 3 nitrogen and oxygen atoms in total. The molecule has 1 fully saturated rings. The van der Waals surface area contributed by atoms with Crippen molar-refractivity contribution in [2.45, 2.75) is 57.3 Å². The Morgan fingerprint density at radius 3 is 2.79 bits per heavy atom. The van der Waals surface area contributed by atoms with E-state index in [0.717, 1.165) is 31.7 Å². The van der Waals surface area contributed by atoms with E-state index in [4.69, 9.17) is 4.42 Å². The summed E-state index contributed by atoms with van der Waals surface area (Å²) in [6, 6.07) is 0. The van der Waals surface area contributed by atoms with Gasteiger partial charge in [-0.2, -0.15) is 0 Å². The number of rotatable bonds is 6. The molecule has 1 aromatic rings. The molecule has 0 spiro atoms.